The first kappa shape index (κ1) is 41.3. The van der Waals surface area contributed by atoms with Crippen LogP contribution in [0.25, 0.3) is 0 Å². The van der Waals surface area contributed by atoms with Crippen molar-refractivity contribution in [3.05, 3.63) is 89.5 Å². The third-order valence-electron chi connectivity index (χ3n) is 7.72. The summed E-state index contributed by atoms with van der Waals surface area (Å²) in [7, 11) is 1.19. The van der Waals surface area contributed by atoms with Crippen LogP contribution >= 0.6 is 0 Å². The Morgan fingerprint density at radius 3 is 2.09 bits per heavy atom. The number of nitrogens with zero attached hydrogens (tertiary/aromatic N) is 1. The maximum atomic E-state index is 13.3. The third-order valence-corrected chi connectivity index (χ3v) is 7.72. The number of aliphatic carboxylic acids is 2. The van der Waals surface area contributed by atoms with Crippen molar-refractivity contribution in [2.45, 2.75) is 58.1 Å². The van der Waals surface area contributed by atoms with Crippen LogP contribution in [0.3, 0.4) is 0 Å². The zero-order chi connectivity index (χ0) is 39.1. The van der Waals surface area contributed by atoms with E-state index >= 15 is 0 Å². The Labute approximate surface area is 306 Å². The van der Waals surface area contributed by atoms with E-state index in [0.29, 0.717) is 24.0 Å². The van der Waals surface area contributed by atoms with E-state index in [4.69, 9.17) is 14.2 Å². The van der Waals surface area contributed by atoms with E-state index < -0.39 is 59.9 Å². The molecule has 0 aliphatic heterocycles. The number of esters is 1. The molecule has 3 rings (SSSR count). The lowest BCUT2D eigenvalue weighted by molar-refractivity contribution is -0.149. The topological polar surface area (TPSA) is 218 Å². The number of rotatable bonds is 17. The number of amides is 3. The van der Waals surface area contributed by atoms with Gasteiger partial charge in [-0.2, -0.15) is 0 Å². The average molecular weight is 736 g/mol. The van der Waals surface area contributed by atoms with Gasteiger partial charge in [-0.15, -0.1) is 0 Å². The van der Waals surface area contributed by atoms with Crippen molar-refractivity contribution in [3.8, 4) is 11.5 Å². The summed E-state index contributed by atoms with van der Waals surface area (Å²) in [5.74, 6) is -6.77. The fourth-order valence-electron chi connectivity index (χ4n) is 5.17. The molecular weight excluding hydrogens is 690 g/mol. The van der Waals surface area contributed by atoms with Crippen LogP contribution in [0.5, 0.6) is 11.5 Å². The molecule has 0 saturated heterocycles. The van der Waals surface area contributed by atoms with E-state index in [1.165, 1.54) is 37.4 Å². The van der Waals surface area contributed by atoms with Crippen LogP contribution in [0.4, 0.5) is 10.5 Å². The van der Waals surface area contributed by atoms with Gasteiger partial charge in [-0.05, 0) is 75.4 Å². The van der Waals surface area contributed by atoms with Gasteiger partial charge in [0.15, 0.2) is 0 Å². The number of methoxy groups -OCH3 is 1. The van der Waals surface area contributed by atoms with Gasteiger partial charge in [0, 0.05) is 25.2 Å². The summed E-state index contributed by atoms with van der Waals surface area (Å²) in [5.41, 5.74) is 0.433. The summed E-state index contributed by atoms with van der Waals surface area (Å²) in [4.78, 5) is 75.5. The minimum absolute atomic E-state index is 0.0130. The predicted octanol–water partition coefficient (Wildman–Crippen LogP) is 3.95. The molecule has 1 unspecified atom stereocenters. The molecule has 0 fully saturated rings. The quantitative estimate of drug-likeness (QED) is 0.0757. The van der Waals surface area contributed by atoms with E-state index in [1.54, 1.807) is 63.2 Å². The molecule has 5 N–H and O–H groups in total. The number of alkyl carbamates (subject to hydrolysis) is 1. The van der Waals surface area contributed by atoms with Gasteiger partial charge in [-0.1, -0.05) is 48.5 Å². The van der Waals surface area contributed by atoms with Crippen LogP contribution < -0.4 is 20.3 Å². The lowest BCUT2D eigenvalue weighted by atomic mass is 9.98. The molecule has 3 aromatic rings. The number of carboxylic acids is 2. The SMILES string of the molecule is COC(=O)c1c(O)cccc1OCCCCNC(=O)[C@H](Cc1ccc(N(CC(Cc2ccccc2)C(=O)O)C(=O)C(=O)O)cc1)NC(=O)OC(C)(C)C. The fraction of sp³-hybridized carbons (Fsp3) is 0.368. The zero-order valence-corrected chi connectivity index (χ0v) is 30.0. The molecule has 2 atom stereocenters. The van der Waals surface area contributed by atoms with E-state index in [-0.39, 0.29) is 48.7 Å². The molecule has 0 aliphatic carbocycles. The number of hydrogen-bond donors (Lipinski definition) is 5. The number of benzene rings is 3. The number of ether oxygens (including phenoxy) is 3. The molecule has 0 spiro atoms. The van der Waals surface area contributed by atoms with Crippen molar-refractivity contribution in [1.29, 1.82) is 0 Å². The molecule has 0 heterocycles. The fourth-order valence-corrected chi connectivity index (χ4v) is 5.17. The number of hydrogen-bond acceptors (Lipinski definition) is 10. The monoisotopic (exact) mass is 735 g/mol. The number of anilines is 1. The first-order valence-electron chi connectivity index (χ1n) is 16.8. The minimum atomic E-state index is -1.76. The number of aromatic hydroxyl groups is 1. The predicted molar refractivity (Wildman–Crippen MR) is 192 cm³/mol. The van der Waals surface area contributed by atoms with Crippen LogP contribution in [0.15, 0.2) is 72.8 Å². The molecule has 3 aromatic carbocycles. The highest BCUT2D eigenvalue weighted by Crippen LogP contribution is 2.28. The van der Waals surface area contributed by atoms with Gasteiger partial charge in [0.1, 0.15) is 28.7 Å². The lowest BCUT2D eigenvalue weighted by Gasteiger charge is -2.25. The number of phenols is 1. The highest BCUT2D eigenvalue weighted by atomic mass is 16.6. The second kappa shape index (κ2) is 19.5. The molecule has 3 amide bonds. The number of carbonyl (C=O) groups is 6. The summed E-state index contributed by atoms with van der Waals surface area (Å²) < 4.78 is 15.7. The first-order valence-corrected chi connectivity index (χ1v) is 16.8. The Balaban J connectivity index is 1.69. The summed E-state index contributed by atoms with van der Waals surface area (Å²) in [5, 5.41) is 34.8. The smallest absolute Gasteiger partial charge is 0.408 e. The van der Waals surface area contributed by atoms with E-state index in [9.17, 15) is 44.1 Å². The van der Waals surface area contributed by atoms with Gasteiger partial charge >= 0.3 is 29.9 Å². The summed E-state index contributed by atoms with van der Waals surface area (Å²) >= 11 is 0. The molecule has 0 radical (unpaired) electrons. The Morgan fingerprint density at radius 1 is 0.830 bits per heavy atom. The van der Waals surface area contributed by atoms with Crippen LogP contribution in [0.1, 0.15) is 55.1 Å². The minimum Gasteiger partial charge on any atom is -0.507 e. The van der Waals surface area contributed by atoms with Crippen molar-refractivity contribution < 1.29 is 58.3 Å². The van der Waals surface area contributed by atoms with Crippen LogP contribution in [-0.4, -0.2) is 89.6 Å². The highest BCUT2D eigenvalue weighted by molar-refractivity contribution is 6.37. The third kappa shape index (κ3) is 13.2. The Kier molecular flexibility index (Phi) is 15.2. The standard InChI is InChI=1S/C38H45N3O12/c1-38(2,3)53-37(50)40-28(32(43)39-19-8-9-20-52-30-14-10-13-29(42)31(30)36(49)51-4)22-25-15-17-27(18-16-25)41(33(44)35(47)48)23-26(34(45)46)21-24-11-6-5-7-12-24/h5-7,10-18,26,28,42H,8-9,19-23H2,1-4H3,(H,39,43)(H,40,50)(H,45,46)(H,47,48)/t26?,28-/m0/s1. The van der Waals surface area contributed by atoms with Gasteiger partial charge in [0.2, 0.25) is 5.91 Å². The first-order chi connectivity index (χ1) is 25.1. The number of carbonyl (C=O) groups excluding carboxylic acids is 4. The second-order valence-corrected chi connectivity index (χ2v) is 13.0. The molecule has 15 nitrogen and oxygen atoms in total. The highest BCUT2D eigenvalue weighted by Gasteiger charge is 2.30. The van der Waals surface area contributed by atoms with Gasteiger partial charge in [0.25, 0.3) is 0 Å². The Hall–Kier alpha value is -6.12. The van der Waals surface area contributed by atoms with Crippen molar-refractivity contribution >= 4 is 41.5 Å². The largest absolute Gasteiger partial charge is 0.507 e. The van der Waals surface area contributed by atoms with Crippen molar-refractivity contribution in [2.75, 3.05) is 31.7 Å². The second-order valence-electron chi connectivity index (χ2n) is 13.0. The van der Waals surface area contributed by atoms with Gasteiger partial charge < -0.3 is 45.1 Å². The number of unbranched alkanes of at least 4 members (excludes halogenated alkanes) is 1. The summed E-state index contributed by atoms with van der Waals surface area (Å²) in [6, 6.07) is 18.0. The zero-order valence-electron chi connectivity index (χ0n) is 30.0. The molecule has 15 heteroatoms. The summed E-state index contributed by atoms with van der Waals surface area (Å²) in [6.07, 6.45) is 0.140. The number of carboxylic acid groups (broad SMARTS) is 2. The molecule has 0 aromatic heterocycles. The molecule has 0 bridgehead atoms. The van der Waals surface area contributed by atoms with Crippen molar-refractivity contribution in [3.63, 3.8) is 0 Å². The molecule has 0 saturated carbocycles. The van der Waals surface area contributed by atoms with Crippen LogP contribution in [0.2, 0.25) is 0 Å². The van der Waals surface area contributed by atoms with E-state index in [1.807, 2.05) is 0 Å². The average Bonchev–Trinajstić information content (AvgIpc) is 3.10. The number of nitrogens with one attached hydrogen (secondary N) is 2. The van der Waals surface area contributed by atoms with E-state index in [0.717, 1.165) is 4.90 Å². The lowest BCUT2D eigenvalue weighted by Crippen LogP contribution is -2.49. The van der Waals surface area contributed by atoms with Crippen molar-refractivity contribution in [2.24, 2.45) is 5.92 Å². The van der Waals surface area contributed by atoms with E-state index in [2.05, 4.69) is 10.6 Å². The Morgan fingerprint density at radius 2 is 1.49 bits per heavy atom. The maximum absolute atomic E-state index is 13.3. The molecular formula is C38H45N3O12. The molecule has 0 aliphatic rings. The van der Waals surface area contributed by atoms with Crippen LogP contribution in [0, 0.1) is 5.92 Å². The molecule has 53 heavy (non-hydrogen) atoms. The Bertz CT molecular complexity index is 1740. The van der Waals surface area contributed by atoms with Gasteiger partial charge in [0.05, 0.1) is 19.6 Å². The maximum Gasteiger partial charge on any atom is 0.408 e. The molecule has 284 valence electrons. The van der Waals surface area contributed by atoms with Gasteiger partial charge in [-0.25, -0.2) is 14.4 Å². The van der Waals surface area contributed by atoms with Crippen molar-refractivity contribution in [1.82, 2.24) is 10.6 Å². The number of phenolic OH excluding ortho intramolecular Hbond substituents is 1. The summed E-state index contributed by atoms with van der Waals surface area (Å²) in [6.45, 7) is 4.98. The normalized spacial score (nSPS) is 12.1. The van der Waals surface area contributed by atoms with Gasteiger partial charge in [-0.3, -0.25) is 14.4 Å². The van der Waals surface area contributed by atoms with Crippen LogP contribution in [-0.2, 0) is 41.5 Å².